The average molecular weight is 538 g/mol. The van der Waals surface area contributed by atoms with Crippen molar-refractivity contribution in [2.75, 3.05) is 26.4 Å². The van der Waals surface area contributed by atoms with Gasteiger partial charge in [-0.05, 0) is 44.4 Å². The second-order valence-corrected chi connectivity index (χ2v) is 7.75. The lowest BCUT2D eigenvalue weighted by Gasteiger charge is -2.20. The summed E-state index contributed by atoms with van der Waals surface area (Å²) in [6.07, 6.45) is 2.39. The van der Waals surface area contributed by atoms with Gasteiger partial charge in [-0.15, -0.1) is 24.0 Å². The van der Waals surface area contributed by atoms with E-state index < -0.39 is 0 Å². The molecular formula is C19H29BrIN3O2. The molecular weight excluding hydrogens is 509 g/mol. The third-order valence-electron chi connectivity index (χ3n) is 4.58. The highest BCUT2D eigenvalue weighted by atomic mass is 127. The Hall–Kier alpha value is -0.380. The number of halogens is 2. The largest absolute Gasteiger partial charge is 0.379 e. The van der Waals surface area contributed by atoms with Crippen LogP contribution >= 0.6 is 39.9 Å². The minimum Gasteiger partial charge on any atom is -0.379 e. The number of nitrogens with one attached hydrogen (secondary N) is 2. The summed E-state index contributed by atoms with van der Waals surface area (Å²) in [5.41, 5.74) is 1.38. The third kappa shape index (κ3) is 6.65. The predicted octanol–water partition coefficient (Wildman–Crippen LogP) is 3.67. The van der Waals surface area contributed by atoms with Crippen LogP contribution in [0.3, 0.4) is 0 Å². The molecule has 0 amide bonds. The Morgan fingerprint density at radius 1 is 1.38 bits per heavy atom. The van der Waals surface area contributed by atoms with Crippen molar-refractivity contribution in [3.63, 3.8) is 0 Å². The lowest BCUT2D eigenvalue weighted by Crippen LogP contribution is -2.45. The highest BCUT2D eigenvalue weighted by Gasteiger charge is 2.39. The minimum absolute atomic E-state index is 0. The van der Waals surface area contributed by atoms with E-state index in [1.807, 2.05) is 0 Å². The Balaban J connectivity index is 0.00000243. The van der Waals surface area contributed by atoms with Crippen molar-refractivity contribution in [2.24, 2.45) is 4.99 Å². The van der Waals surface area contributed by atoms with E-state index in [0.717, 1.165) is 43.0 Å². The van der Waals surface area contributed by atoms with E-state index >= 15 is 0 Å². The van der Waals surface area contributed by atoms with Crippen LogP contribution in [0.5, 0.6) is 0 Å². The second kappa shape index (κ2) is 10.8. The number of rotatable bonds is 7. The average Bonchev–Trinajstić information content (AvgIpc) is 3.15. The normalized spacial score (nSPS) is 26.1. The fraction of sp³-hybridized carbons (Fsp3) is 0.632. The zero-order valence-corrected chi connectivity index (χ0v) is 19.3. The number of benzene rings is 1. The van der Waals surface area contributed by atoms with Crippen LogP contribution < -0.4 is 10.6 Å². The van der Waals surface area contributed by atoms with Gasteiger partial charge in [0.2, 0.25) is 0 Å². The molecule has 4 atom stereocenters. The molecule has 2 aliphatic rings. The quantitative estimate of drug-likeness (QED) is 0.316. The monoisotopic (exact) mass is 537 g/mol. The summed E-state index contributed by atoms with van der Waals surface area (Å²) in [5.74, 6) is 1.45. The third-order valence-corrected chi connectivity index (χ3v) is 5.11. The highest BCUT2D eigenvalue weighted by molar-refractivity contribution is 14.0. The summed E-state index contributed by atoms with van der Waals surface area (Å²) in [7, 11) is 0. The maximum absolute atomic E-state index is 5.89. The zero-order valence-electron chi connectivity index (χ0n) is 15.4. The molecule has 7 heteroatoms. The minimum atomic E-state index is 0. The van der Waals surface area contributed by atoms with Gasteiger partial charge in [-0.25, -0.2) is 0 Å². The van der Waals surface area contributed by atoms with Gasteiger partial charge >= 0.3 is 0 Å². The number of guanidine groups is 1. The van der Waals surface area contributed by atoms with Crippen molar-refractivity contribution < 1.29 is 9.47 Å². The molecule has 1 saturated heterocycles. The Kier molecular flexibility index (Phi) is 9.12. The molecule has 4 unspecified atom stereocenters. The van der Waals surface area contributed by atoms with E-state index in [4.69, 9.17) is 9.47 Å². The molecule has 26 heavy (non-hydrogen) atoms. The summed E-state index contributed by atoms with van der Waals surface area (Å²) < 4.78 is 12.4. The predicted molar refractivity (Wildman–Crippen MR) is 120 cm³/mol. The van der Waals surface area contributed by atoms with Gasteiger partial charge in [0.25, 0.3) is 0 Å². The maximum Gasteiger partial charge on any atom is 0.191 e. The summed E-state index contributed by atoms with van der Waals surface area (Å²) in [4.78, 5) is 4.57. The van der Waals surface area contributed by atoms with Gasteiger partial charge in [-0.2, -0.15) is 0 Å². The van der Waals surface area contributed by atoms with Crippen LogP contribution in [0.15, 0.2) is 33.7 Å². The van der Waals surface area contributed by atoms with Crippen LogP contribution in [0.25, 0.3) is 0 Å². The molecule has 3 rings (SSSR count). The lowest BCUT2D eigenvalue weighted by atomic mass is 10.1. The smallest absolute Gasteiger partial charge is 0.191 e. The molecule has 2 fully saturated rings. The molecule has 1 aliphatic carbocycles. The van der Waals surface area contributed by atoms with Gasteiger partial charge in [-0.3, -0.25) is 4.99 Å². The Morgan fingerprint density at radius 2 is 2.15 bits per heavy atom. The Bertz CT molecular complexity index is 579. The van der Waals surface area contributed by atoms with E-state index in [0.29, 0.717) is 18.6 Å². The second-order valence-electron chi connectivity index (χ2n) is 6.83. The molecule has 1 aromatic rings. The number of hydrogen-bond donors (Lipinski definition) is 2. The fourth-order valence-electron chi connectivity index (χ4n) is 3.10. The Labute approximate surface area is 181 Å². The molecule has 0 radical (unpaired) electrons. The summed E-state index contributed by atoms with van der Waals surface area (Å²) in [5, 5.41) is 7.02. The van der Waals surface area contributed by atoms with Crippen LogP contribution in [-0.4, -0.2) is 50.5 Å². The van der Waals surface area contributed by atoms with Crippen molar-refractivity contribution in [1.82, 2.24) is 10.6 Å². The van der Waals surface area contributed by atoms with E-state index in [2.05, 4.69) is 69.7 Å². The number of nitrogens with zero attached hydrogens (tertiary/aromatic N) is 1. The molecule has 1 heterocycles. The fourth-order valence-corrected chi connectivity index (χ4v) is 3.36. The maximum atomic E-state index is 5.89. The SMILES string of the molecule is CCN=C(NC(C)COC1CCOC1)NC1CC1c1ccc(Br)cc1.I. The van der Waals surface area contributed by atoms with Gasteiger partial charge < -0.3 is 20.1 Å². The van der Waals surface area contributed by atoms with Crippen LogP contribution in [-0.2, 0) is 9.47 Å². The molecule has 1 aromatic carbocycles. The van der Waals surface area contributed by atoms with Gasteiger partial charge in [0, 0.05) is 35.6 Å². The van der Waals surface area contributed by atoms with Crippen LogP contribution in [0.4, 0.5) is 0 Å². The number of ether oxygens (including phenoxy) is 2. The number of hydrogen-bond acceptors (Lipinski definition) is 3. The lowest BCUT2D eigenvalue weighted by molar-refractivity contribution is 0.0347. The van der Waals surface area contributed by atoms with Crippen molar-refractivity contribution in [1.29, 1.82) is 0 Å². The van der Waals surface area contributed by atoms with Crippen molar-refractivity contribution in [3.05, 3.63) is 34.3 Å². The van der Waals surface area contributed by atoms with E-state index in [1.165, 1.54) is 5.56 Å². The van der Waals surface area contributed by atoms with E-state index in [-0.39, 0.29) is 36.1 Å². The molecule has 146 valence electrons. The number of aliphatic imine (C=N–C) groups is 1. The Morgan fingerprint density at radius 3 is 2.81 bits per heavy atom. The molecule has 1 saturated carbocycles. The van der Waals surface area contributed by atoms with E-state index in [1.54, 1.807) is 0 Å². The van der Waals surface area contributed by atoms with Gasteiger partial charge in [0.15, 0.2) is 5.96 Å². The summed E-state index contributed by atoms with van der Waals surface area (Å²) in [6.45, 7) is 7.14. The van der Waals surface area contributed by atoms with Crippen molar-refractivity contribution >= 4 is 45.9 Å². The first-order valence-corrected chi connectivity index (χ1v) is 9.97. The van der Waals surface area contributed by atoms with Crippen LogP contribution in [0.1, 0.15) is 38.2 Å². The molecule has 2 N–H and O–H groups in total. The molecule has 0 bridgehead atoms. The first kappa shape index (κ1) is 21.9. The van der Waals surface area contributed by atoms with E-state index in [9.17, 15) is 0 Å². The molecule has 0 spiro atoms. The van der Waals surface area contributed by atoms with Gasteiger partial charge in [0.05, 0.1) is 19.3 Å². The van der Waals surface area contributed by atoms with Crippen LogP contribution in [0.2, 0.25) is 0 Å². The standard InChI is InChI=1S/C19H28BrN3O2.HI/c1-3-21-19(22-13(2)11-25-16-8-9-24-12-16)23-18-10-17(18)14-4-6-15(20)7-5-14;/h4-7,13,16-18H,3,8-12H2,1-2H3,(H2,21,22,23);1H. The van der Waals surface area contributed by atoms with Crippen molar-refractivity contribution in [3.8, 4) is 0 Å². The highest BCUT2D eigenvalue weighted by Crippen LogP contribution is 2.40. The first-order chi connectivity index (χ1) is 12.2. The summed E-state index contributed by atoms with van der Waals surface area (Å²) >= 11 is 3.49. The van der Waals surface area contributed by atoms with Gasteiger partial charge in [0.1, 0.15) is 0 Å². The molecule has 5 nitrogen and oxygen atoms in total. The van der Waals surface area contributed by atoms with Crippen LogP contribution in [0, 0.1) is 0 Å². The summed E-state index contributed by atoms with van der Waals surface area (Å²) in [6, 6.07) is 9.27. The topological polar surface area (TPSA) is 54.9 Å². The zero-order chi connectivity index (χ0) is 17.6. The first-order valence-electron chi connectivity index (χ1n) is 9.18. The van der Waals surface area contributed by atoms with Gasteiger partial charge in [-0.1, -0.05) is 28.1 Å². The molecule has 0 aromatic heterocycles. The molecule has 1 aliphatic heterocycles. The van der Waals surface area contributed by atoms with Crippen molar-refractivity contribution in [2.45, 2.75) is 50.8 Å².